The molecule has 1 rings (SSSR count). The summed E-state index contributed by atoms with van der Waals surface area (Å²) in [4.78, 5) is 21.2. The van der Waals surface area contributed by atoms with Crippen LogP contribution in [0.4, 0.5) is 5.69 Å². The minimum atomic E-state index is -1.39. The van der Waals surface area contributed by atoms with Gasteiger partial charge in [-0.2, -0.15) is 0 Å². The molecule has 0 aromatic heterocycles. The number of carboxylic acids is 1. The number of carboxylic acid groups (broad SMARTS) is 1. The fourth-order valence-electron chi connectivity index (χ4n) is 1.15. The molecule has 1 N–H and O–H groups in total. The molecule has 0 saturated carbocycles. The Morgan fingerprint density at radius 2 is 1.88 bits per heavy atom. The number of hydrogen-bond acceptors (Lipinski definition) is 3. The number of rotatable bonds is 4. The predicted octanol–water partition coefficient (Wildman–Crippen LogP) is 0.494. The molecule has 0 unspecified atom stereocenters. The summed E-state index contributed by atoms with van der Waals surface area (Å²) in [7, 11) is 0. The van der Waals surface area contributed by atoms with Gasteiger partial charge in [0.2, 0.25) is 5.91 Å². The van der Waals surface area contributed by atoms with Crippen molar-refractivity contribution in [3.8, 4) is 0 Å². The Bertz CT molecular complexity index is 407. The average molecular weight is 218 g/mol. The van der Waals surface area contributed by atoms with Crippen LogP contribution in [0, 0.1) is 0 Å². The number of carbonyl (C=O) groups is 2. The Hall–Kier alpha value is -2.10. The molecule has 0 heterocycles. The van der Waals surface area contributed by atoms with Crippen molar-refractivity contribution in [3.63, 3.8) is 0 Å². The SMILES string of the molecule is CCc1ccc(NC(=O)/C=C\C(=O)[O-])cc1. The second-order valence-corrected chi connectivity index (χ2v) is 3.19. The number of anilines is 1. The van der Waals surface area contributed by atoms with Crippen LogP contribution in [0.15, 0.2) is 36.4 Å². The second-order valence-electron chi connectivity index (χ2n) is 3.19. The molecule has 0 radical (unpaired) electrons. The van der Waals surface area contributed by atoms with Crippen LogP contribution in [0.3, 0.4) is 0 Å². The highest BCUT2D eigenvalue weighted by molar-refractivity contribution is 6.02. The zero-order chi connectivity index (χ0) is 12.0. The van der Waals surface area contributed by atoms with Crippen molar-refractivity contribution in [2.45, 2.75) is 13.3 Å². The van der Waals surface area contributed by atoms with Gasteiger partial charge in [-0.1, -0.05) is 19.1 Å². The Morgan fingerprint density at radius 1 is 1.25 bits per heavy atom. The van der Waals surface area contributed by atoms with Gasteiger partial charge in [-0.15, -0.1) is 0 Å². The van der Waals surface area contributed by atoms with Crippen LogP contribution in [0.5, 0.6) is 0 Å². The van der Waals surface area contributed by atoms with Crippen molar-refractivity contribution < 1.29 is 14.7 Å². The number of hydrogen-bond donors (Lipinski definition) is 1. The maximum absolute atomic E-state index is 11.2. The lowest BCUT2D eigenvalue weighted by Crippen LogP contribution is -2.20. The number of amides is 1. The van der Waals surface area contributed by atoms with Crippen LogP contribution in [0.1, 0.15) is 12.5 Å². The van der Waals surface area contributed by atoms with E-state index in [1.807, 2.05) is 19.1 Å². The summed E-state index contributed by atoms with van der Waals surface area (Å²) in [6.07, 6.45) is 2.54. The minimum Gasteiger partial charge on any atom is -0.545 e. The van der Waals surface area contributed by atoms with Gasteiger partial charge >= 0.3 is 0 Å². The zero-order valence-electron chi connectivity index (χ0n) is 8.90. The number of aryl methyl sites for hydroxylation is 1. The van der Waals surface area contributed by atoms with Gasteiger partial charge in [0.1, 0.15) is 0 Å². The van der Waals surface area contributed by atoms with E-state index in [1.54, 1.807) is 12.1 Å². The molecule has 0 aliphatic rings. The molecule has 0 aliphatic heterocycles. The molecule has 16 heavy (non-hydrogen) atoms. The largest absolute Gasteiger partial charge is 0.545 e. The monoisotopic (exact) mass is 218 g/mol. The molecular weight excluding hydrogens is 206 g/mol. The fourth-order valence-corrected chi connectivity index (χ4v) is 1.15. The third kappa shape index (κ3) is 3.96. The van der Waals surface area contributed by atoms with Gasteiger partial charge in [0.25, 0.3) is 0 Å². The molecular formula is C12H12NO3-. The molecule has 1 amide bonds. The lowest BCUT2D eigenvalue weighted by atomic mass is 10.1. The fraction of sp³-hybridized carbons (Fsp3) is 0.167. The number of nitrogens with one attached hydrogen (secondary N) is 1. The van der Waals surface area contributed by atoms with Gasteiger partial charge in [-0.3, -0.25) is 4.79 Å². The Labute approximate surface area is 93.6 Å². The van der Waals surface area contributed by atoms with Gasteiger partial charge in [-0.25, -0.2) is 0 Å². The van der Waals surface area contributed by atoms with E-state index in [4.69, 9.17) is 0 Å². The van der Waals surface area contributed by atoms with E-state index in [0.717, 1.165) is 12.5 Å². The van der Waals surface area contributed by atoms with Gasteiger partial charge in [-0.05, 0) is 30.2 Å². The number of carbonyl (C=O) groups excluding carboxylic acids is 2. The molecule has 0 atom stereocenters. The van der Waals surface area contributed by atoms with Crippen LogP contribution < -0.4 is 10.4 Å². The average Bonchev–Trinajstić information content (AvgIpc) is 2.27. The standard InChI is InChI=1S/C12H13NO3/c1-2-9-3-5-10(6-4-9)13-11(14)7-8-12(15)16/h3-8H,2H2,1H3,(H,13,14)(H,15,16)/p-1/b8-7-. The van der Waals surface area contributed by atoms with E-state index < -0.39 is 11.9 Å². The second kappa shape index (κ2) is 5.70. The summed E-state index contributed by atoms with van der Waals surface area (Å²) in [5, 5.41) is 12.6. The van der Waals surface area contributed by atoms with E-state index in [2.05, 4.69) is 5.32 Å². The van der Waals surface area contributed by atoms with Crippen molar-refractivity contribution in [3.05, 3.63) is 42.0 Å². The van der Waals surface area contributed by atoms with Crippen molar-refractivity contribution >= 4 is 17.6 Å². The predicted molar refractivity (Wildman–Crippen MR) is 58.6 cm³/mol. The Balaban J connectivity index is 2.59. The molecule has 1 aromatic carbocycles. The van der Waals surface area contributed by atoms with Gasteiger partial charge in [0, 0.05) is 11.8 Å². The highest BCUT2D eigenvalue weighted by atomic mass is 16.4. The maximum atomic E-state index is 11.2. The van der Waals surface area contributed by atoms with Gasteiger partial charge in [0.15, 0.2) is 0 Å². The van der Waals surface area contributed by atoms with Crippen LogP contribution >= 0.6 is 0 Å². The first-order valence-electron chi connectivity index (χ1n) is 4.91. The summed E-state index contributed by atoms with van der Waals surface area (Å²) in [5.41, 5.74) is 1.80. The van der Waals surface area contributed by atoms with Gasteiger partial charge < -0.3 is 15.2 Å². The van der Waals surface area contributed by atoms with Crippen molar-refractivity contribution in [2.75, 3.05) is 5.32 Å². The summed E-state index contributed by atoms with van der Waals surface area (Å²) < 4.78 is 0. The van der Waals surface area contributed by atoms with Gasteiger partial charge in [0.05, 0.1) is 5.97 Å². The third-order valence-electron chi connectivity index (χ3n) is 2.00. The van der Waals surface area contributed by atoms with E-state index >= 15 is 0 Å². The number of aliphatic carboxylic acids is 1. The van der Waals surface area contributed by atoms with E-state index in [-0.39, 0.29) is 0 Å². The van der Waals surface area contributed by atoms with Crippen LogP contribution in [0.25, 0.3) is 0 Å². The quantitative estimate of drug-likeness (QED) is 0.748. The first-order valence-corrected chi connectivity index (χ1v) is 4.91. The topological polar surface area (TPSA) is 69.2 Å². The highest BCUT2D eigenvalue weighted by Gasteiger charge is 1.97. The molecule has 0 aliphatic carbocycles. The normalized spacial score (nSPS) is 10.3. The smallest absolute Gasteiger partial charge is 0.248 e. The van der Waals surface area contributed by atoms with Crippen LogP contribution in [-0.2, 0) is 16.0 Å². The van der Waals surface area contributed by atoms with Crippen LogP contribution in [-0.4, -0.2) is 11.9 Å². The maximum Gasteiger partial charge on any atom is 0.248 e. The highest BCUT2D eigenvalue weighted by Crippen LogP contribution is 2.09. The molecule has 0 spiro atoms. The summed E-state index contributed by atoms with van der Waals surface area (Å²) in [6.45, 7) is 2.04. The third-order valence-corrected chi connectivity index (χ3v) is 2.00. The molecule has 0 bridgehead atoms. The van der Waals surface area contributed by atoms with E-state index in [1.165, 1.54) is 5.56 Å². The molecule has 1 aromatic rings. The summed E-state index contributed by atoms with van der Waals surface area (Å²) in [5.74, 6) is -1.88. The lowest BCUT2D eigenvalue weighted by Gasteiger charge is -2.03. The van der Waals surface area contributed by atoms with E-state index in [9.17, 15) is 14.7 Å². The van der Waals surface area contributed by atoms with Crippen molar-refractivity contribution in [1.29, 1.82) is 0 Å². The van der Waals surface area contributed by atoms with Crippen molar-refractivity contribution in [1.82, 2.24) is 0 Å². The summed E-state index contributed by atoms with van der Waals surface area (Å²) in [6, 6.07) is 7.34. The molecule has 4 nitrogen and oxygen atoms in total. The first-order chi connectivity index (χ1) is 7.61. The van der Waals surface area contributed by atoms with Crippen molar-refractivity contribution in [2.24, 2.45) is 0 Å². The Kier molecular flexibility index (Phi) is 4.27. The number of benzene rings is 1. The van der Waals surface area contributed by atoms with E-state index in [0.29, 0.717) is 11.8 Å². The zero-order valence-corrected chi connectivity index (χ0v) is 8.90. The lowest BCUT2D eigenvalue weighted by molar-refractivity contribution is -0.297. The Morgan fingerprint density at radius 3 is 2.38 bits per heavy atom. The first kappa shape index (κ1) is 12.0. The molecule has 4 heteroatoms. The summed E-state index contributed by atoms with van der Waals surface area (Å²) >= 11 is 0. The molecule has 84 valence electrons. The van der Waals surface area contributed by atoms with Crippen LogP contribution in [0.2, 0.25) is 0 Å². The minimum absolute atomic E-state index is 0.492. The molecule has 0 fully saturated rings. The molecule has 0 saturated heterocycles.